The van der Waals surface area contributed by atoms with Crippen LogP contribution in [0.5, 0.6) is 0 Å². The summed E-state index contributed by atoms with van der Waals surface area (Å²) in [6.07, 6.45) is 3.97. The third kappa shape index (κ3) is 2.47. The number of aromatic nitrogens is 4. The fraction of sp³-hybridized carbons (Fsp3) is 0.368. The standard InChI is InChI=1S/C19H20N6O/c26-19(17-14-5-2-1-4-13(14)7-9-21-17)24-10-11-25-16(12-24)22-23-18(25)15-6-3-8-20-15/h1-2,4-5,7,9,15,20H,3,6,8,10-12H2. The van der Waals surface area contributed by atoms with E-state index in [4.69, 9.17) is 0 Å². The fourth-order valence-electron chi connectivity index (χ4n) is 3.96. The molecule has 0 bridgehead atoms. The van der Waals surface area contributed by atoms with Gasteiger partial charge in [-0.3, -0.25) is 9.78 Å². The summed E-state index contributed by atoms with van der Waals surface area (Å²) in [5, 5.41) is 14.1. The van der Waals surface area contributed by atoms with Crippen molar-refractivity contribution in [3.63, 3.8) is 0 Å². The van der Waals surface area contributed by atoms with Crippen LogP contribution < -0.4 is 5.32 Å². The molecule has 0 aliphatic carbocycles. The monoisotopic (exact) mass is 348 g/mol. The second kappa shape index (κ2) is 6.17. The van der Waals surface area contributed by atoms with Gasteiger partial charge in [0, 0.05) is 24.7 Å². The normalized spacial score (nSPS) is 19.7. The van der Waals surface area contributed by atoms with Gasteiger partial charge in [0.2, 0.25) is 0 Å². The summed E-state index contributed by atoms with van der Waals surface area (Å²) in [6.45, 7) is 2.88. The molecule has 5 rings (SSSR count). The Morgan fingerprint density at radius 3 is 2.96 bits per heavy atom. The van der Waals surface area contributed by atoms with Crippen molar-refractivity contribution in [2.24, 2.45) is 0 Å². The molecule has 4 heterocycles. The van der Waals surface area contributed by atoms with Gasteiger partial charge in [-0.25, -0.2) is 0 Å². The Morgan fingerprint density at radius 2 is 2.08 bits per heavy atom. The summed E-state index contributed by atoms with van der Waals surface area (Å²) in [4.78, 5) is 19.3. The highest BCUT2D eigenvalue weighted by Gasteiger charge is 2.30. The number of rotatable bonds is 2. The summed E-state index contributed by atoms with van der Waals surface area (Å²) < 4.78 is 2.17. The Morgan fingerprint density at radius 1 is 1.15 bits per heavy atom. The Labute approximate surface area is 151 Å². The zero-order valence-corrected chi connectivity index (χ0v) is 14.4. The summed E-state index contributed by atoms with van der Waals surface area (Å²) in [6, 6.07) is 10.1. The maximum atomic E-state index is 13.1. The summed E-state index contributed by atoms with van der Waals surface area (Å²) in [5.74, 6) is 1.82. The van der Waals surface area contributed by atoms with Gasteiger partial charge in [-0.1, -0.05) is 24.3 Å². The Hall–Kier alpha value is -2.80. The highest BCUT2D eigenvalue weighted by molar-refractivity contribution is 6.05. The van der Waals surface area contributed by atoms with E-state index in [9.17, 15) is 4.79 Å². The predicted octanol–water partition coefficient (Wildman–Crippen LogP) is 1.91. The van der Waals surface area contributed by atoms with Crippen molar-refractivity contribution < 1.29 is 4.79 Å². The molecule has 7 nitrogen and oxygen atoms in total. The molecule has 7 heteroatoms. The third-order valence-corrected chi connectivity index (χ3v) is 5.32. The van der Waals surface area contributed by atoms with E-state index in [1.807, 2.05) is 35.2 Å². The molecule has 26 heavy (non-hydrogen) atoms. The summed E-state index contributed by atoms with van der Waals surface area (Å²) in [7, 11) is 0. The van der Waals surface area contributed by atoms with Crippen molar-refractivity contribution >= 4 is 16.7 Å². The molecular weight excluding hydrogens is 328 g/mol. The van der Waals surface area contributed by atoms with Crippen LogP contribution in [0.3, 0.4) is 0 Å². The zero-order chi connectivity index (χ0) is 17.5. The summed E-state index contributed by atoms with van der Waals surface area (Å²) in [5.41, 5.74) is 0.508. The first-order valence-corrected chi connectivity index (χ1v) is 9.09. The van der Waals surface area contributed by atoms with E-state index in [-0.39, 0.29) is 5.91 Å². The van der Waals surface area contributed by atoms with E-state index in [0.29, 0.717) is 24.8 Å². The highest BCUT2D eigenvalue weighted by Crippen LogP contribution is 2.25. The lowest BCUT2D eigenvalue weighted by Gasteiger charge is -2.28. The van der Waals surface area contributed by atoms with E-state index in [2.05, 4.69) is 25.1 Å². The number of carbonyl (C=O) groups is 1. The Bertz CT molecular complexity index is 970. The van der Waals surface area contributed by atoms with Crippen LogP contribution in [0.4, 0.5) is 0 Å². The number of fused-ring (bicyclic) bond motifs is 2. The van der Waals surface area contributed by atoms with Crippen LogP contribution in [0.1, 0.15) is 41.0 Å². The second-order valence-corrected chi connectivity index (χ2v) is 6.88. The molecule has 1 amide bonds. The first-order chi connectivity index (χ1) is 12.8. The maximum absolute atomic E-state index is 13.1. The van der Waals surface area contributed by atoms with Gasteiger partial charge < -0.3 is 14.8 Å². The van der Waals surface area contributed by atoms with Crippen molar-refractivity contribution in [1.29, 1.82) is 0 Å². The van der Waals surface area contributed by atoms with Crippen LogP contribution in [-0.2, 0) is 13.1 Å². The predicted molar refractivity (Wildman–Crippen MR) is 96.5 cm³/mol. The molecule has 1 unspecified atom stereocenters. The van der Waals surface area contributed by atoms with E-state index >= 15 is 0 Å². The fourth-order valence-corrected chi connectivity index (χ4v) is 3.96. The van der Waals surface area contributed by atoms with Crippen LogP contribution in [0.15, 0.2) is 36.5 Å². The molecule has 1 fully saturated rings. The van der Waals surface area contributed by atoms with Gasteiger partial charge in [0.15, 0.2) is 5.82 Å². The number of nitrogens with one attached hydrogen (secondary N) is 1. The number of pyridine rings is 1. The minimum Gasteiger partial charge on any atom is -0.328 e. The van der Waals surface area contributed by atoms with Gasteiger partial charge >= 0.3 is 0 Å². The van der Waals surface area contributed by atoms with Crippen molar-refractivity contribution in [2.45, 2.75) is 32.0 Å². The number of benzene rings is 1. The molecule has 2 aliphatic rings. The van der Waals surface area contributed by atoms with E-state index in [1.54, 1.807) is 6.20 Å². The van der Waals surface area contributed by atoms with Crippen molar-refractivity contribution in [3.8, 4) is 0 Å². The smallest absolute Gasteiger partial charge is 0.273 e. The topological polar surface area (TPSA) is 75.9 Å². The number of hydrogen-bond acceptors (Lipinski definition) is 5. The van der Waals surface area contributed by atoms with Gasteiger partial charge in [-0.2, -0.15) is 0 Å². The molecule has 3 aromatic rings. The average molecular weight is 348 g/mol. The first kappa shape index (κ1) is 15.5. The van der Waals surface area contributed by atoms with Gasteiger partial charge in [-0.15, -0.1) is 10.2 Å². The SMILES string of the molecule is O=C(c1nccc2ccccc12)N1CCn2c(nnc2C2CCCN2)C1. The van der Waals surface area contributed by atoms with Crippen LogP contribution in [0.2, 0.25) is 0 Å². The molecular formula is C19H20N6O. The molecule has 1 aromatic carbocycles. The lowest BCUT2D eigenvalue weighted by Crippen LogP contribution is -2.39. The quantitative estimate of drug-likeness (QED) is 0.766. The molecule has 1 atom stereocenters. The molecule has 0 radical (unpaired) electrons. The van der Waals surface area contributed by atoms with Gasteiger partial charge in [0.1, 0.15) is 11.5 Å². The van der Waals surface area contributed by atoms with E-state index in [1.165, 1.54) is 6.42 Å². The number of hydrogen-bond donors (Lipinski definition) is 1. The lowest BCUT2D eigenvalue weighted by molar-refractivity contribution is 0.0702. The highest BCUT2D eigenvalue weighted by atomic mass is 16.2. The lowest BCUT2D eigenvalue weighted by atomic mass is 10.1. The number of amides is 1. The van der Waals surface area contributed by atoms with Gasteiger partial charge in [-0.05, 0) is 30.8 Å². The van der Waals surface area contributed by atoms with Crippen LogP contribution >= 0.6 is 0 Å². The van der Waals surface area contributed by atoms with Crippen LogP contribution in [0, 0.1) is 0 Å². The summed E-state index contributed by atoms with van der Waals surface area (Å²) >= 11 is 0. The third-order valence-electron chi connectivity index (χ3n) is 5.32. The van der Waals surface area contributed by atoms with Crippen molar-refractivity contribution in [2.75, 3.05) is 13.1 Å². The molecule has 1 N–H and O–H groups in total. The van der Waals surface area contributed by atoms with Crippen molar-refractivity contribution in [3.05, 3.63) is 53.9 Å². The van der Waals surface area contributed by atoms with E-state index < -0.39 is 0 Å². The van der Waals surface area contributed by atoms with Gasteiger partial charge in [0.05, 0.1) is 12.6 Å². The van der Waals surface area contributed by atoms with E-state index in [0.717, 1.165) is 41.9 Å². The Kier molecular flexibility index (Phi) is 3.67. The zero-order valence-electron chi connectivity index (χ0n) is 14.4. The maximum Gasteiger partial charge on any atom is 0.273 e. The van der Waals surface area contributed by atoms with Crippen LogP contribution in [-0.4, -0.2) is 43.6 Å². The molecule has 1 saturated heterocycles. The minimum atomic E-state index is -0.0448. The molecule has 2 aliphatic heterocycles. The minimum absolute atomic E-state index is 0.0448. The number of carbonyl (C=O) groups excluding carboxylic acids is 1. The largest absolute Gasteiger partial charge is 0.328 e. The molecule has 0 saturated carbocycles. The Balaban J connectivity index is 1.43. The van der Waals surface area contributed by atoms with Gasteiger partial charge in [0.25, 0.3) is 5.91 Å². The number of nitrogens with zero attached hydrogens (tertiary/aromatic N) is 5. The molecule has 2 aromatic heterocycles. The molecule has 132 valence electrons. The second-order valence-electron chi connectivity index (χ2n) is 6.88. The van der Waals surface area contributed by atoms with Crippen LogP contribution in [0.25, 0.3) is 10.8 Å². The molecule has 0 spiro atoms. The first-order valence-electron chi connectivity index (χ1n) is 9.09. The van der Waals surface area contributed by atoms with Crippen molar-refractivity contribution in [1.82, 2.24) is 30.0 Å². The average Bonchev–Trinajstić information content (AvgIpc) is 3.35.